The van der Waals surface area contributed by atoms with Gasteiger partial charge in [-0.25, -0.2) is 4.79 Å². The Balaban J connectivity index is 1.55. The van der Waals surface area contributed by atoms with Crippen molar-refractivity contribution in [1.82, 2.24) is 5.32 Å². The highest BCUT2D eigenvalue weighted by Crippen LogP contribution is 2.27. The summed E-state index contributed by atoms with van der Waals surface area (Å²) in [6.07, 6.45) is 1.33. The van der Waals surface area contributed by atoms with Gasteiger partial charge in [-0.05, 0) is 31.0 Å². The molecule has 3 rings (SSSR count). The number of carbonyl (C=O) groups is 3. The Labute approximate surface area is 150 Å². The van der Waals surface area contributed by atoms with Crippen LogP contribution in [0, 0.1) is 6.92 Å². The summed E-state index contributed by atoms with van der Waals surface area (Å²) in [6, 6.07) is 9.11. The van der Waals surface area contributed by atoms with Crippen LogP contribution in [0.5, 0.6) is 0 Å². The van der Waals surface area contributed by atoms with Crippen molar-refractivity contribution in [2.24, 2.45) is 0 Å². The van der Waals surface area contributed by atoms with E-state index in [1.54, 1.807) is 11.8 Å². The second-order valence-corrected chi connectivity index (χ2v) is 6.19. The number of aryl methyl sites for hydroxylation is 2. The van der Waals surface area contributed by atoms with E-state index in [4.69, 9.17) is 9.52 Å². The summed E-state index contributed by atoms with van der Waals surface area (Å²) >= 11 is 0. The third-order valence-corrected chi connectivity index (χ3v) is 4.41. The Morgan fingerprint density at radius 2 is 2.04 bits per heavy atom. The number of nitrogens with zero attached hydrogens (tertiary/aromatic N) is 1. The molecular formula is C19H20N2O5. The third kappa shape index (κ3) is 3.77. The monoisotopic (exact) mass is 356 g/mol. The van der Waals surface area contributed by atoms with Crippen LogP contribution in [0.1, 0.15) is 40.3 Å². The van der Waals surface area contributed by atoms with E-state index in [1.807, 2.05) is 24.3 Å². The fraction of sp³-hybridized carbons (Fsp3) is 0.316. The summed E-state index contributed by atoms with van der Waals surface area (Å²) < 4.78 is 5.32. The van der Waals surface area contributed by atoms with E-state index < -0.39 is 5.97 Å². The van der Waals surface area contributed by atoms with Crippen molar-refractivity contribution in [3.8, 4) is 0 Å². The summed E-state index contributed by atoms with van der Waals surface area (Å²) in [7, 11) is 0. The van der Waals surface area contributed by atoms with E-state index in [0.29, 0.717) is 24.5 Å². The summed E-state index contributed by atoms with van der Waals surface area (Å²) in [5, 5.41) is 11.7. The summed E-state index contributed by atoms with van der Waals surface area (Å²) in [4.78, 5) is 36.9. The Hall–Kier alpha value is -3.09. The zero-order chi connectivity index (χ0) is 18.7. The van der Waals surface area contributed by atoms with Gasteiger partial charge in [-0.3, -0.25) is 9.59 Å². The van der Waals surface area contributed by atoms with Gasteiger partial charge in [0.2, 0.25) is 11.8 Å². The van der Waals surface area contributed by atoms with Crippen LogP contribution in [0.25, 0.3) is 0 Å². The van der Waals surface area contributed by atoms with Gasteiger partial charge in [-0.15, -0.1) is 0 Å². The van der Waals surface area contributed by atoms with Crippen LogP contribution in [0.15, 0.2) is 34.7 Å². The van der Waals surface area contributed by atoms with E-state index in [0.717, 1.165) is 17.7 Å². The molecule has 7 heteroatoms. The lowest BCUT2D eigenvalue weighted by molar-refractivity contribution is -0.121. The first kappa shape index (κ1) is 17.7. The molecule has 0 bridgehead atoms. The lowest BCUT2D eigenvalue weighted by Crippen LogP contribution is -2.38. The number of carboxylic acid groups (broad SMARTS) is 1. The molecular weight excluding hydrogens is 336 g/mol. The zero-order valence-corrected chi connectivity index (χ0v) is 14.4. The Bertz CT molecular complexity index is 855. The maximum Gasteiger partial charge on any atom is 0.339 e. The molecule has 0 saturated heterocycles. The van der Waals surface area contributed by atoms with E-state index >= 15 is 0 Å². The smallest absolute Gasteiger partial charge is 0.339 e. The number of anilines is 1. The predicted octanol–water partition coefficient (Wildman–Crippen LogP) is 2.27. The molecule has 0 radical (unpaired) electrons. The number of rotatable bonds is 6. The van der Waals surface area contributed by atoms with Gasteiger partial charge in [0, 0.05) is 25.1 Å². The Morgan fingerprint density at radius 3 is 2.77 bits per heavy atom. The predicted molar refractivity (Wildman–Crippen MR) is 94.0 cm³/mol. The maximum atomic E-state index is 12.2. The number of aromatic carboxylic acids is 1. The van der Waals surface area contributed by atoms with Crippen LogP contribution in [-0.2, 0) is 22.6 Å². The number of furan rings is 1. The summed E-state index contributed by atoms with van der Waals surface area (Å²) in [5.74, 6) is -0.591. The fourth-order valence-corrected chi connectivity index (χ4v) is 3.07. The van der Waals surface area contributed by atoms with Crippen molar-refractivity contribution < 1.29 is 23.9 Å². The molecule has 2 heterocycles. The molecule has 0 spiro atoms. The highest BCUT2D eigenvalue weighted by atomic mass is 16.4. The zero-order valence-electron chi connectivity index (χ0n) is 14.4. The molecule has 2 amide bonds. The molecule has 1 aromatic heterocycles. The minimum Gasteiger partial charge on any atom is -0.478 e. The van der Waals surface area contributed by atoms with E-state index in [2.05, 4.69) is 5.32 Å². The first-order valence-electron chi connectivity index (χ1n) is 8.43. The average molecular weight is 356 g/mol. The maximum absolute atomic E-state index is 12.2. The van der Waals surface area contributed by atoms with Crippen molar-refractivity contribution >= 4 is 23.5 Å². The summed E-state index contributed by atoms with van der Waals surface area (Å²) in [6.45, 7) is 1.98. The molecule has 2 aromatic rings. The largest absolute Gasteiger partial charge is 0.478 e. The first-order valence-corrected chi connectivity index (χ1v) is 8.43. The molecule has 0 aliphatic carbocycles. The highest BCUT2D eigenvalue weighted by molar-refractivity contribution is 5.97. The summed E-state index contributed by atoms with van der Waals surface area (Å²) in [5.41, 5.74) is 2.06. The standard InChI is InChI=1S/C19H20N2O5/c1-12-15(19(24)25)10-14(26-12)11-20-17(22)8-9-21-16-5-3-2-4-13(16)6-7-18(21)23/h2-5,10H,6-9,11H2,1H3,(H,20,22)(H,24,25). The molecule has 0 saturated carbocycles. The number of nitrogens with one attached hydrogen (secondary N) is 1. The van der Waals surface area contributed by atoms with Gasteiger partial charge in [-0.1, -0.05) is 18.2 Å². The number of carboxylic acids is 1. The lowest BCUT2D eigenvalue weighted by atomic mass is 10.0. The second-order valence-electron chi connectivity index (χ2n) is 6.19. The highest BCUT2D eigenvalue weighted by Gasteiger charge is 2.24. The van der Waals surface area contributed by atoms with Crippen molar-refractivity contribution in [3.05, 3.63) is 53.0 Å². The van der Waals surface area contributed by atoms with Crippen LogP contribution in [0.2, 0.25) is 0 Å². The molecule has 7 nitrogen and oxygen atoms in total. The van der Waals surface area contributed by atoms with Gasteiger partial charge in [0.05, 0.1) is 6.54 Å². The molecule has 1 aromatic carbocycles. The van der Waals surface area contributed by atoms with E-state index in [9.17, 15) is 14.4 Å². The molecule has 0 unspecified atom stereocenters. The molecule has 136 valence electrons. The van der Waals surface area contributed by atoms with Crippen LogP contribution >= 0.6 is 0 Å². The minimum absolute atomic E-state index is 0.0178. The van der Waals surface area contributed by atoms with E-state index in [-0.39, 0.29) is 30.3 Å². The quantitative estimate of drug-likeness (QED) is 0.827. The number of hydrogen-bond acceptors (Lipinski definition) is 4. The number of para-hydroxylation sites is 1. The molecule has 0 fully saturated rings. The number of hydrogen-bond donors (Lipinski definition) is 2. The molecule has 0 atom stereocenters. The SMILES string of the molecule is Cc1oc(CNC(=O)CCN2C(=O)CCc3ccccc32)cc1C(=O)O. The van der Waals surface area contributed by atoms with Crippen molar-refractivity contribution in [3.63, 3.8) is 0 Å². The first-order chi connectivity index (χ1) is 12.5. The number of benzene rings is 1. The third-order valence-electron chi connectivity index (χ3n) is 4.41. The minimum atomic E-state index is -1.06. The molecule has 2 N–H and O–H groups in total. The molecule has 1 aliphatic rings. The molecule has 26 heavy (non-hydrogen) atoms. The Morgan fingerprint density at radius 1 is 1.27 bits per heavy atom. The normalized spacial score (nSPS) is 13.4. The molecule has 1 aliphatic heterocycles. The number of carbonyl (C=O) groups excluding carboxylic acids is 2. The van der Waals surface area contributed by atoms with Crippen LogP contribution in [-0.4, -0.2) is 29.4 Å². The average Bonchev–Trinajstić information content (AvgIpc) is 3.00. The van der Waals surface area contributed by atoms with Gasteiger partial charge >= 0.3 is 5.97 Å². The van der Waals surface area contributed by atoms with Crippen molar-refractivity contribution in [2.45, 2.75) is 32.7 Å². The van der Waals surface area contributed by atoms with E-state index in [1.165, 1.54) is 6.07 Å². The van der Waals surface area contributed by atoms with Crippen molar-refractivity contribution in [2.75, 3.05) is 11.4 Å². The van der Waals surface area contributed by atoms with Gasteiger partial charge in [0.25, 0.3) is 0 Å². The van der Waals surface area contributed by atoms with Crippen LogP contribution in [0.3, 0.4) is 0 Å². The van der Waals surface area contributed by atoms with Gasteiger partial charge in [0.15, 0.2) is 0 Å². The topological polar surface area (TPSA) is 99.9 Å². The van der Waals surface area contributed by atoms with Gasteiger partial charge in [-0.2, -0.15) is 0 Å². The van der Waals surface area contributed by atoms with Gasteiger partial charge < -0.3 is 19.7 Å². The van der Waals surface area contributed by atoms with Crippen LogP contribution < -0.4 is 10.2 Å². The Kier molecular flexibility index (Phi) is 5.06. The number of fused-ring (bicyclic) bond motifs is 1. The number of amides is 2. The second kappa shape index (κ2) is 7.43. The van der Waals surface area contributed by atoms with Crippen LogP contribution in [0.4, 0.5) is 5.69 Å². The van der Waals surface area contributed by atoms with Crippen molar-refractivity contribution in [1.29, 1.82) is 0 Å². The fourth-order valence-electron chi connectivity index (χ4n) is 3.07. The lowest BCUT2D eigenvalue weighted by Gasteiger charge is -2.29. The van der Waals surface area contributed by atoms with Gasteiger partial charge in [0.1, 0.15) is 17.1 Å².